The Kier molecular flexibility index (Phi) is 19.4. The molecule has 0 heterocycles. The molecule has 0 aliphatic carbocycles. The summed E-state index contributed by atoms with van der Waals surface area (Å²) in [4.78, 5) is 20.5. The van der Waals surface area contributed by atoms with Gasteiger partial charge in [0.05, 0.1) is 12.0 Å². The van der Waals surface area contributed by atoms with Gasteiger partial charge in [0.2, 0.25) is 0 Å². The van der Waals surface area contributed by atoms with Crippen LogP contribution in [0.1, 0.15) is 35.6 Å². The first kappa shape index (κ1) is 22.7. The van der Waals surface area contributed by atoms with Crippen molar-refractivity contribution < 1.29 is 14.7 Å². The minimum Gasteiger partial charge on any atom is -0.548 e. The van der Waals surface area contributed by atoms with Gasteiger partial charge in [-0.3, -0.25) is 4.79 Å². The third-order valence-electron chi connectivity index (χ3n) is 1.12. The lowest BCUT2D eigenvalue weighted by molar-refractivity contribution is -0.308. The Morgan fingerprint density at radius 1 is 1.31 bits per heavy atom. The Hall–Kier alpha value is -0.900. The maximum absolute atomic E-state index is 10.4. The Bertz CT molecular complexity index is 146. The molecule has 0 aliphatic heterocycles. The molecule has 13 heavy (non-hydrogen) atoms. The van der Waals surface area contributed by atoms with Gasteiger partial charge >= 0.3 is 0 Å². The van der Waals surface area contributed by atoms with E-state index in [0.29, 0.717) is 0 Å². The van der Waals surface area contributed by atoms with E-state index in [0.717, 1.165) is 0 Å². The van der Waals surface area contributed by atoms with Gasteiger partial charge in [0, 0.05) is 6.42 Å². The van der Waals surface area contributed by atoms with Gasteiger partial charge in [0.25, 0.3) is 0 Å². The molecule has 0 fully saturated rings. The van der Waals surface area contributed by atoms with E-state index in [1.807, 2.05) is 0 Å². The van der Waals surface area contributed by atoms with Crippen molar-refractivity contribution in [1.29, 1.82) is 0 Å². The first-order valence-electron chi connectivity index (χ1n) is 2.95. The van der Waals surface area contributed by atoms with Gasteiger partial charge in [0.1, 0.15) is 5.78 Å². The topological polar surface area (TPSA) is 69.2 Å². The third kappa shape index (κ3) is 11.1. The summed E-state index contributed by atoms with van der Waals surface area (Å²) in [7, 11) is 1.48. The molecule has 0 amide bonds. The Morgan fingerprint density at radius 2 is 1.69 bits per heavy atom. The number of carbonyl (C=O) groups excluding carboxylic acids is 2. The third-order valence-corrected chi connectivity index (χ3v) is 1.12. The number of hydrogen-bond acceptors (Lipinski definition) is 4. The molecule has 0 aromatic rings. The summed E-state index contributed by atoms with van der Waals surface area (Å²) in [5.41, 5.74) is 0. The fraction of sp³-hybridized carbons (Fsp3) is 0.778. The number of carbonyl (C=O) groups is 2. The van der Waals surface area contributed by atoms with E-state index in [9.17, 15) is 14.7 Å². The number of carboxylic acids is 1. The van der Waals surface area contributed by atoms with Gasteiger partial charge in [0.15, 0.2) is 0 Å². The lowest BCUT2D eigenvalue weighted by Crippen LogP contribution is -2.44. The molecule has 0 aromatic heterocycles. The molecule has 0 aliphatic rings. The number of hydrogen-bond donors (Lipinski definition) is 1. The van der Waals surface area contributed by atoms with Gasteiger partial charge in [-0.15, -0.1) is 0 Å². The lowest BCUT2D eigenvalue weighted by Gasteiger charge is -2.14. The van der Waals surface area contributed by atoms with Crippen LogP contribution in [-0.2, 0) is 9.59 Å². The van der Waals surface area contributed by atoms with Crippen LogP contribution >= 0.6 is 0 Å². The van der Waals surface area contributed by atoms with Crippen molar-refractivity contribution in [3.63, 3.8) is 0 Å². The molecule has 4 nitrogen and oxygen atoms in total. The van der Waals surface area contributed by atoms with Gasteiger partial charge in [-0.05, 0) is 14.0 Å². The van der Waals surface area contributed by atoms with E-state index in [1.54, 1.807) is 0 Å². The summed E-state index contributed by atoms with van der Waals surface area (Å²) in [6.07, 6.45) is -0.0150. The molecule has 1 unspecified atom stereocenters. The summed E-state index contributed by atoms with van der Waals surface area (Å²) < 4.78 is 0. The van der Waals surface area contributed by atoms with Crippen molar-refractivity contribution in [3.05, 3.63) is 0 Å². The maximum atomic E-state index is 10.4. The molecular weight excluding hydrogens is 170 g/mol. The van der Waals surface area contributed by atoms with Crippen LogP contribution in [0.3, 0.4) is 0 Å². The second-order valence-corrected chi connectivity index (χ2v) is 2.07. The predicted octanol–water partition coefficient (Wildman–Crippen LogP) is 0.212. The fourth-order valence-electron chi connectivity index (χ4n) is 0.591. The first-order chi connectivity index (χ1) is 4.57. The molecule has 0 rings (SSSR count). The summed E-state index contributed by atoms with van der Waals surface area (Å²) in [6, 6.07) is -0.850. The van der Waals surface area contributed by atoms with Crippen LogP contribution in [0.25, 0.3) is 0 Å². The molecule has 0 aromatic carbocycles. The minimum absolute atomic E-state index is 0. The van der Waals surface area contributed by atoms with Crippen molar-refractivity contribution >= 4 is 11.8 Å². The average Bonchev–Trinajstić information content (AvgIpc) is 1.81. The largest absolute Gasteiger partial charge is 0.548 e. The summed E-state index contributed by atoms with van der Waals surface area (Å²) in [6.45, 7) is 1.34. The second-order valence-electron chi connectivity index (χ2n) is 2.07. The summed E-state index contributed by atoms with van der Waals surface area (Å²) in [5.74, 6) is -1.40. The minimum atomic E-state index is -1.24. The van der Waals surface area contributed by atoms with Crippen LogP contribution in [0.5, 0.6) is 0 Å². The highest BCUT2D eigenvalue weighted by molar-refractivity contribution is 5.83. The van der Waals surface area contributed by atoms with E-state index in [2.05, 4.69) is 5.32 Å². The van der Waals surface area contributed by atoms with E-state index in [1.165, 1.54) is 14.0 Å². The highest BCUT2D eigenvalue weighted by atomic mass is 16.4. The number of ketones is 1. The molecule has 4 heteroatoms. The van der Waals surface area contributed by atoms with Crippen molar-refractivity contribution in [3.8, 4) is 0 Å². The Morgan fingerprint density at radius 3 is 1.77 bits per heavy atom. The lowest BCUT2D eigenvalue weighted by atomic mass is 10.1. The van der Waals surface area contributed by atoms with Crippen LogP contribution in [0, 0.1) is 0 Å². The maximum Gasteiger partial charge on any atom is 0.131 e. The van der Waals surface area contributed by atoms with E-state index >= 15 is 0 Å². The number of aliphatic carboxylic acids is 1. The highest BCUT2D eigenvalue weighted by Crippen LogP contribution is 1.89. The SMILES string of the molecule is C.C.C.CNC(CC(C)=O)C(=O)[O-]. The quantitative estimate of drug-likeness (QED) is 0.691. The highest BCUT2D eigenvalue weighted by Gasteiger charge is 2.08. The Labute approximate surface area is 81.3 Å². The van der Waals surface area contributed by atoms with Crippen molar-refractivity contribution in [1.82, 2.24) is 5.32 Å². The molecular formula is C9H22NO3-. The molecule has 0 radical (unpaired) electrons. The zero-order valence-corrected chi connectivity index (χ0v) is 6.01. The number of likely N-dealkylation sites (N-methyl/N-ethyl adjacent to an activating group) is 1. The number of rotatable bonds is 4. The van der Waals surface area contributed by atoms with E-state index < -0.39 is 12.0 Å². The van der Waals surface area contributed by atoms with Crippen molar-refractivity contribution in [2.45, 2.75) is 41.7 Å². The molecule has 0 spiro atoms. The van der Waals surface area contributed by atoms with Crippen molar-refractivity contribution in [2.24, 2.45) is 0 Å². The second kappa shape index (κ2) is 11.1. The van der Waals surface area contributed by atoms with Crippen LogP contribution in [0.15, 0.2) is 0 Å². The first-order valence-corrected chi connectivity index (χ1v) is 2.95. The van der Waals surface area contributed by atoms with Gasteiger partial charge in [-0.2, -0.15) is 0 Å². The van der Waals surface area contributed by atoms with Crippen LogP contribution in [-0.4, -0.2) is 24.8 Å². The monoisotopic (exact) mass is 192 g/mol. The van der Waals surface area contributed by atoms with Crippen molar-refractivity contribution in [2.75, 3.05) is 7.05 Å². The average molecular weight is 192 g/mol. The molecule has 0 bridgehead atoms. The number of Topliss-reactive ketones (excluding diaryl/α,β-unsaturated/α-hetero) is 1. The Balaban J connectivity index is -0.000000135. The zero-order valence-electron chi connectivity index (χ0n) is 6.01. The molecule has 1 atom stereocenters. The zero-order chi connectivity index (χ0) is 8.15. The summed E-state index contributed by atoms with van der Waals surface area (Å²) in [5, 5.41) is 12.6. The molecule has 0 saturated carbocycles. The normalized spacial score (nSPS) is 9.69. The predicted molar refractivity (Wildman–Crippen MR) is 53.3 cm³/mol. The standard InChI is InChI=1S/C6H11NO3.3CH4/c1-4(8)3-5(7-2)6(9)10;;;/h5,7H,3H2,1-2H3,(H,9,10);3*1H4/p-1. The van der Waals surface area contributed by atoms with Gasteiger partial charge < -0.3 is 15.2 Å². The molecule has 82 valence electrons. The van der Waals surface area contributed by atoms with Crippen LogP contribution < -0.4 is 10.4 Å². The van der Waals surface area contributed by atoms with Crippen LogP contribution in [0.4, 0.5) is 0 Å². The molecule has 0 saturated heterocycles. The smallest absolute Gasteiger partial charge is 0.131 e. The van der Waals surface area contributed by atoms with Gasteiger partial charge in [-0.1, -0.05) is 22.3 Å². The van der Waals surface area contributed by atoms with Gasteiger partial charge in [-0.25, -0.2) is 0 Å². The van der Waals surface area contributed by atoms with E-state index in [4.69, 9.17) is 0 Å². The number of nitrogens with one attached hydrogen (secondary N) is 1. The molecule has 1 N–H and O–H groups in total. The number of carboxylic acid groups (broad SMARTS) is 1. The fourth-order valence-corrected chi connectivity index (χ4v) is 0.591. The van der Waals surface area contributed by atoms with E-state index in [-0.39, 0.29) is 34.5 Å². The summed E-state index contributed by atoms with van der Waals surface area (Å²) >= 11 is 0. The van der Waals surface area contributed by atoms with Crippen LogP contribution in [0.2, 0.25) is 0 Å².